The Balaban J connectivity index is 1.82. The van der Waals surface area contributed by atoms with Crippen molar-refractivity contribution in [1.29, 1.82) is 0 Å². The van der Waals surface area contributed by atoms with Gasteiger partial charge in [0, 0.05) is 47.8 Å². The van der Waals surface area contributed by atoms with Crippen molar-refractivity contribution in [2.45, 2.75) is 26.9 Å². The maximum atomic E-state index is 13.3. The van der Waals surface area contributed by atoms with Crippen molar-refractivity contribution < 1.29 is 19.4 Å². The van der Waals surface area contributed by atoms with E-state index in [-0.39, 0.29) is 30.2 Å². The number of benzene rings is 1. The van der Waals surface area contributed by atoms with Crippen LogP contribution >= 0.6 is 11.3 Å². The Labute approximate surface area is 213 Å². The van der Waals surface area contributed by atoms with Crippen LogP contribution in [0.25, 0.3) is 28.2 Å². The van der Waals surface area contributed by atoms with Crippen LogP contribution in [0.3, 0.4) is 0 Å². The van der Waals surface area contributed by atoms with Gasteiger partial charge in [-0.1, -0.05) is 20.8 Å². The van der Waals surface area contributed by atoms with E-state index in [1.165, 1.54) is 0 Å². The van der Waals surface area contributed by atoms with Crippen molar-refractivity contribution in [2.75, 3.05) is 20.3 Å². The number of carbonyl (C=O) groups is 1. The quantitative estimate of drug-likeness (QED) is 0.405. The lowest BCUT2D eigenvalue weighted by Crippen LogP contribution is -2.32. The molecular formula is C26H29N5O4S. The number of thiophene rings is 1. The van der Waals surface area contributed by atoms with Crippen molar-refractivity contribution in [1.82, 2.24) is 24.9 Å². The Kier molecular flexibility index (Phi) is 6.09. The first kappa shape index (κ1) is 24.1. The van der Waals surface area contributed by atoms with Gasteiger partial charge >= 0.3 is 0 Å². The molecule has 3 aromatic heterocycles. The van der Waals surface area contributed by atoms with E-state index >= 15 is 0 Å². The third-order valence-corrected chi connectivity index (χ3v) is 6.80. The number of fused-ring (bicyclic) bond motifs is 3. The van der Waals surface area contributed by atoms with Gasteiger partial charge in [-0.25, -0.2) is 4.68 Å². The average molecular weight is 508 g/mol. The summed E-state index contributed by atoms with van der Waals surface area (Å²) >= 11 is 1.55. The monoisotopic (exact) mass is 507 g/mol. The highest BCUT2D eigenvalue weighted by atomic mass is 32.1. The molecule has 10 heteroatoms. The molecule has 0 saturated carbocycles. The fourth-order valence-corrected chi connectivity index (χ4v) is 5.10. The number of aromatic nitrogens is 4. The van der Waals surface area contributed by atoms with Gasteiger partial charge in [0.25, 0.3) is 5.91 Å². The van der Waals surface area contributed by atoms with E-state index in [0.717, 1.165) is 28.2 Å². The zero-order chi connectivity index (χ0) is 25.6. The fourth-order valence-electron chi connectivity index (χ4n) is 4.49. The smallest absolute Gasteiger partial charge is 0.272 e. The van der Waals surface area contributed by atoms with Crippen LogP contribution in [-0.2, 0) is 7.05 Å². The number of aliphatic hydroxyl groups is 1. The zero-order valence-corrected chi connectivity index (χ0v) is 21.7. The third-order valence-electron chi connectivity index (χ3n) is 6.13. The summed E-state index contributed by atoms with van der Waals surface area (Å²) in [7, 11) is 3.50. The Bertz CT molecular complexity index is 1410. The predicted molar refractivity (Wildman–Crippen MR) is 138 cm³/mol. The molecule has 0 saturated heterocycles. The lowest BCUT2D eigenvalue weighted by molar-refractivity contribution is 0.0802. The van der Waals surface area contributed by atoms with Crippen LogP contribution in [0.4, 0.5) is 0 Å². The lowest BCUT2D eigenvalue weighted by Gasteiger charge is -2.36. The fraction of sp³-hybridized carbons (Fsp3) is 0.346. The van der Waals surface area contributed by atoms with E-state index in [1.807, 2.05) is 53.0 Å². The van der Waals surface area contributed by atoms with E-state index in [1.54, 1.807) is 23.1 Å². The van der Waals surface area contributed by atoms with Gasteiger partial charge in [0.15, 0.2) is 5.69 Å². The maximum absolute atomic E-state index is 13.3. The van der Waals surface area contributed by atoms with Crippen molar-refractivity contribution in [3.05, 3.63) is 52.5 Å². The normalized spacial score (nSPS) is 14.7. The van der Waals surface area contributed by atoms with Gasteiger partial charge in [-0.3, -0.25) is 9.48 Å². The standard InChI is InChI=1S/C26H29N5O4S/c1-26(2,3)24-21-22(25(33)27-8-10-32)29-31(15-7-11-36-14-15)23(21)17-12-16(18-6-9-30(4)28-18)19(34-5)13-20(17)35-24/h6-7,9,11-14,24,32H,8,10H2,1-5H3,(H,27,33). The number of carbonyl (C=O) groups excluding carboxylic acids is 1. The Morgan fingerprint density at radius 2 is 2.06 bits per heavy atom. The van der Waals surface area contributed by atoms with Crippen molar-refractivity contribution in [3.8, 4) is 39.7 Å². The number of methoxy groups -OCH3 is 1. The van der Waals surface area contributed by atoms with E-state index in [9.17, 15) is 9.90 Å². The van der Waals surface area contributed by atoms with Gasteiger partial charge < -0.3 is 19.9 Å². The highest BCUT2D eigenvalue weighted by molar-refractivity contribution is 7.08. The molecule has 0 bridgehead atoms. The number of nitrogens with zero attached hydrogens (tertiary/aromatic N) is 4. The average Bonchev–Trinajstić information content (AvgIpc) is 3.60. The highest BCUT2D eigenvalue weighted by Gasteiger charge is 2.42. The van der Waals surface area contributed by atoms with Crippen molar-refractivity contribution in [3.63, 3.8) is 0 Å². The Hall–Kier alpha value is -3.63. The Morgan fingerprint density at radius 3 is 2.67 bits per heavy atom. The molecule has 1 aliphatic heterocycles. The van der Waals surface area contributed by atoms with E-state index in [2.05, 4.69) is 31.2 Å². The molecule has 0 spiro atoms. The summed E-state index contributed by atoms with van der Waals surface area (Å²) in [6, 6.07) is 7.78. The molecule has 0 fully saturated rings. The molecule has 4 heterocycles. The van der Waals surface area contributed by atoms with Crippen LogP contribution < -0.4 is 14.8 Å². The second-order valence-corrected chi connectivity index (χ2v) is 10.6. The first-order valence-corrected chi connectivity index (χ1v) is 12.6. The molecule has 1 atom stereocenters. The Morgan fingerprint density at radius 1 is 1.25 bits per heavy atom. The minimum Gasteiger partial charge on any atom is -0.496 e. The number of nitrogens with one attached hydrogen (secondary N) is 1. The maximum Gasteiger partial charge on any atom is 0.272 e. The second kappa shape index (κ2) is 9.11. The van der Waals surface area contributed by atoms with Gasteiger partial charge in [0.1, 0.15) is 17.6 Å². The number of hydrogen-bond acceptors (Lipinski definition) is 7. The summed E-state index contributed by atoms with van der Waals surface area (Å²) in [5, 5.41) is 25.4. The molecule has 1 aromatic carbocycles. The molecule has 1 unspecified atom stereocenters. The topological polar surface area (TPSA) is 103 Å². The number of rotatable bonds is 6. The first-order chi connectivity index (χ1) is 17.2. The summed E-state index contributed by atoms with van der Waals surface area (Å²) in [6.45, 7) is 6.20. The highest BCUT2D eigenvalue weighted by Crippen LogP contribution is 2.52. The molecule has 1 amide bonds. The second-order valence-electron chi connectivity index (χ2n) is 9.77. The van der Waals surface area contributed by atoms with Crippen LogP contribution in [0.2, 0.25) is 0 Å². The summed E-state index contributed by atoms with van der Waals surface area (Å²) in [5.74, 6) is 0.942. The van der Waals surface area contributed by atoms with Crippen LogP contribution in [0.5, 0.6) is 11.5 Å². The molecular weight excluding hydrogens is 478 g/mol. The van der Waals surface area contributed by atoms with E-state index in [0.29, 0.717) is 17.1 Å². The number of aryl methyl sites for hydroxylation is 1. The van der Waals surface area contributed by atoms with E-state index < -0.39 is 6.10 Å². The van der Waals surface area contributed by atoms with Crippen LogP contribution in [0.1, 0.15) is 42.9 Å². The summed E-state index contributed by atoms with van der Waals surface area (Å²) in [5.41, 5.74) is 4.67. The lowest BCUT2D eigenvalue weighted by atomic mass is 9.80. The SMILES string of the molecule is COc1cc2c(cc1-c1ccn(C)n1)-c1c(c(C(=O)NCCO)nn1-c1ccsc1)C(C(C)(C)C)O2. The molecule has 188 valence electrons. The summed E-state index contributed by atoms with van der Waals surface area (Å²) in [4.78, 5) is 13.3. The van der Waals surface area contributed by atoms with Gasteiger partial charge in [-0.15, -0.1) is 0 Å². The minimum absolute atomic E-state index is 0.136. The summed E-state index contributed by atoms with van der Waals surface area (Å²) < 4.78 is 15.9. The van der Waals surface area contributed by atoms with Crippen LogP contribution in [-0.4, -0.2) is 50.8 Å². The van der Waals surface area contributed by atoms with E-state index in [4.69, 9.17) is 14.6 Å². The molecule has 4 aromatic rings. The molecule has 0 radical (unpaired) electrons. The van der Waals surface area contributed by atoms with Gasteiger partial charge in [-0.05, 0) is 23.6 Å². The molecule has 5 rings (SSSR count). The minimum atomic E-state index is -0.451. The third kappa shape index (κ3) is 4.06. The number of ether oxygens (including phenoxy) is 2. The van der Waals surface area contributed by atoms with Crippen LogP contribution in [0, 0.1) is 5.41 Å². The first-order valence-electron chi connectivity index (χ1n) is 11.7. The molecule has 2 N–H and O–H groups in total. The molecule has 36 heavy (non-hydrogen) atoms. The number of amides is 1. The number of aliphatic hydroxyl groups excluding tert-OH is 1. The number of hydrogen-bond donors (Lipinski definition) is 2. The van der Waals surface area contributed by atoms with Crippen molar-refractivity contribution in [2.24, 2.45) is 12.5 Å². The zero-order valence-electron chi connectivity index (χ0n) is 20.9. The van der Waals surface area contributed by atoms with Crippen LogP contribution in [0.15, 0.2) is 41.2 Å². The molecule has 9 nitrogen and oxygen atoms in total. The van der Waals surface area contributed by atoms with Gasteiger partial charge in [0.05, 0.1) is 36.4 Å². The summed E-state index contributed by atoms with van der Waals surface area (Å²) in [6.07, 6.45) is 1.43. The predicted octanol–water partition coefficient (Wildman–Crippen LogP) is 4.21. The largest absolute Gasteiger partial charge is 0.496 e. The van der Waals surface area contributed by atoms with Crippen molar-refractivity contribution >= 4 is 17.2 Å². The van der Waals surface area contributed by atoms with Gasteiger partial charge in [0.2, 0.25) is 0 Å². The molecule has 1 aliphatic rings. The van der Waals surface area contributed by atoms with Gasteiger partial charge in [-0.2, -0.15) is 21.5 Å². The molecule has 0 aliphatic carbocycles.